The number of hydrogen-bond acceptors (Lipinski definition) is 3. The molecule has 2 heterocycles. The van der Waals surface area contributed by atoms with Crippen LogP contribution in [0.15, 0.2) is 58.1 Å². The monoisotopic (exact) mass is 383 g/mol. The molecule has 3 aromatic rings. The Balaban J connectivity index is 1.66. The number of benzene rings is 2. The molecule has 0 bridgehead atoms. The van der Waals surface area contributed by atoms with E-state index >= 15 is 0 Å². The van der Waals surface area contributed by atoms with Crippen LogP contribution in [-0.4, -0.2) is 26.9 Å². The van der Waals surface area contributed by atoms with Crippen LogP contribution in [0.1, 0.15) is 24.4 Å². The fraction of sp³-hybridized carbons (Fsp3) is 0.250. The van der Waals surface area contributed by atoms with Crippen LogP contribution in [0.4, 0.5) is 0 Å². The summed E-state index contributed by atoms with van der Waals surface area (Å²) in [6.45, 7) is 0.530. The summed E-state index contributed by atoms with van der Waals surface area (Å²) in [5.74, 6) is -0.147. The molecule has 0 aliphatic carbocycles. The average molecular weight is 384 g/mol. The zero-order valence-electron chi connectivity index (χ0n) is 14.5. The van der Waals surface area contributed by atoms with Crippen molar-refractivity contribution in [2.24, 2.45) is 0 Å². The van der Waals surface area contributed by atoms with Gasteiger partial charge < -0.3 is 4.90 Å². The van der Waals surface area contributed by atoms with Crippen LogP contribution in [0.3, 0.4) is 0 Å². The first kappa shape index (κ1) is 17.5. The predicted molar refractivity (Wildman–Crippen MR) is 104 cm³/mol. The molecule has 6 nitrogen and oxygen atoms in total. The number of amides is 1. The molecule has 138 valence electrons. The van der Waals surface area contributed by atoms with E-state index in [0.29, 0.717) is 22.5 Å². The topological polar surface area (TPSA) is 75.2 Å². The second kappa shape index (κ2) is 7.04. The van der Waals surface area contributed by atoms with Crippen molar-refractivity contribution in [2.45, 2.75) is 25.4 Å². The molecule has 27 heavy (non-hydrogen) atoms. The lowest BCUT2D eigenvalue weighted by molar-refractivity contribution is -0.132. The molecule has 1 fully saturated rings. The number of nitrogens with one attached hydrogen (secondary N) is 1. The Bertz CT molecular complexity index is 1120. The van der Waals surface area contributed by atoms with Gasteiger partial charge >= 0.3 is 5.69 Å². The molecule has 1 amide bonds. The maximum atomic E-state index is 13.0. The summed E-state index contributed by atoms with van der Waals surface area (Å²) in [4.78, 5) is 41.4. The summed E-state index contributed by atoms with van der Waals surface area (Å²) in [6, 6.07) is 14.3. The zero-order valence-corrected chi connectivity index (χ0v) is 15.3. The highest BCUT2D eigenvalue weighted by atomic mass is 35.5. The van der Waals surface area contributed by atoms with Gasteiger partial charge in [0.25, 0.3) is 5.56 Å². The lowest BCUT2D eigenvalue weighted by Gasteiger charge is -2.25. The molecule has 1 aliphatic rings. The van der Waals surface area contributed by atoms with Gasteiger partial charge in [0.2, 0.25) is 5.91 Å². The first-order chi connectivity index (χ1) is 13.0. The van der Waals surface area contributed by atoms with Crippen molar-refractivity contribution in [3.8, 4) is 0 Å². The molecular formula is C20H18ClN3O3. The minimum absolute atomic E-state index is 0.0282. The number of para-hydroxylation sites is 1. The second-order valence-electron chi connectivity index (χ2n) is 6.66. The van der Waals surface area contributed by atoms with E-state index < -0.39 is 11.2 Å². The number of aromatic amines is 1. The molecule has 1 saturated heterocycles. The van der Waals surface area contributed by atoms with Gasteiger partial charge in [-0.05, 0) is 42.7 Å². The molecule has 1 N–H and O–H groups in total. The lowest BCUT2D eigenvalue weighted by atomic mass is 10.0. The fourth-order valence-electron chi connectivity index (χ4n) is 3.72. The number of hydrogen-bond donors (Lipinski definition) is 1. The van der Waals surface area contributed by atoms with E-state index in [2.05, 4.69) is 4.98 Å². The molecule has 7 heteroatoms. The summed E-state index contributed by atoms with van der Waals surface area (Å²) >= 11 is 5.96. The van der Waals surface area contributed by atoms with E-state index in [1.54, 1.807) is 29.2 Å². The molecule has 1 unspecified atom stereocenters. The van der Waals surface area contributed by atoms with Gasteiger partial charge in [-0.15, -0.1) is 0 Å². The third kappa shape index (κ3) is 3.28. The van der Waals surface area contributed by atoms with Crippen molar-refractivity contribution < 1.29 is 4.79 Å². The van der Waals surface area contributed by atoms with Crippen molar-refractivity contribution in [1.29, 1.82) is 0 Å². The highest BCUT2D eigenvalue weighted by Gasteiger charge is 2.30. The van der Waals surface area contributed by atoms with Crippen LogP contribution < -0.4 is 11.2 Å². The highest BCUT2D eigenvalue weighted by molar-refractivity contribution is 6.30. The Morgan fingerprint density at radius 1 is 1.11 bits per heavy atom. The summed E-state index contributed by atoms with van der Waals surface area (Å²) in [7, 11) is 0. The first-order valence-corrected chi connectivity index (χ1v) is 9.19. The van der Waals surface area contributed by atoms with E-state index in [1.807, 2.05) is 24.3 Å². The van der Waals surface area contributed by atoms with Gasteiger partial charge in [-0.25, -0.2) is 4.79 Å². The largest absolute Gasteiger partial charge is 0.334 e. The fourth-order valence-corrected chi connectivity index (χ4v) is 3.85. The molecule has 0 radical (unpaired) electrons. The Morgan fingerprint density at radius 3 is 2.63 bits per heavy atom. The summed E-state index contributed by atoms with van der Waals surface area (Å²) in [5.41, 5.74) is 0.472. The zero-order chi connectivity index (χ0) is 19.0. The molecule has 0 spiro atoms. The number of nitrogens with zero attached hydrogens (tertiary/aromatic N) is 2. The third-order valence-electron chi connectivity index (χ3n) is 5.03. The van der Waals surface area contributed by atoms with Crippen LogP contribution in [0.25, 0.3) is 10.9 Å². The molecule has 1 aliphatic heterocycles. The van der Waals surface area contributed by atoms with Crippen LogP contribution in [-0.2, 0) is 11.3 Å². The number of fused-ring (bicyclic) bond motifs is 1. The molecular weight excluding hydrogens is 366 g/mol. The van der Waals surface area contributed by atoms with Crippen molar-refractivity contribution >= 4 is 28.4 Å². The van der Waals surface area contributed by atoms with Gasteiger partial charge in [-0.2, -0.15) is 0 Å². The van der Waals surface area contributed by atoms with Crippen LogP contribution in [0, 0.1) is 0 Å². The summed E-state index contributed by atoms with van der Waals surface area (Å²) in [5, 5.41) is 1.04. The number of carbonyl (C=O) groups is 1. The van der Waals surface area contributed by atoms with Crippen molar-refractivity contribution in [3.63, 3.8) is 0 Å². The number of likely N-dealkylation sites (tertiary alicyclic amines) is 1. The van der Waals surface area contributed by atoms with Gasteiger partial charge in [-0.3, -0.25) is 19.1 Å². The summed E-state index contributed by atoms with van der Waals surface area (Å²) in [6.07, 6.45) is 1.77. The SMILES string of the molecule is O=C(Cn1c(=O)[nH]c(=O)c2ccccc21)N1CCCC1c1ccc(Cl)cc1. The van der Waals surface area contributed by atoms with E-state index in [9.17, 15) is 14.4 Å². The van der Waals surface area contributed by atoms with Gasteiger partial charge in [0, 0.05) is 11.6 Å². The molecule has 1 atom stereocenters. The third-order valence-corrected chi connectivity index (χ3v) is 5.28. The van der Waals surface area contributed by atoms with E-state index in [4.69, 9.17) is 11.6 Å². The number of carbonyl (C=O) groups excluding carboxylic acids is 1. The predicted octanol–water partition coefficient (Wildman–Crippen LogP) is 2.71. The van der Waals surface area contributed by atoms with E-state index in [0.717, 1.165) is 18.4 Å². The lowest BCUT2D eigenvalue weighted by Crippen LogP contribution is -2.38. The minimum atomic E-state index is -0.575. The van der Waals surface area contributed by atoms with Gasteiger partial charge in [0.15, 0.2) is 0 Å². The Kier molecular flexibility index (Phi) is 4.58. The van der Waals surface area contributed by atoms with Crippen molar-refractivity contribution in [2.75, 3.05) is 6.54 Å². The average Bonchev–Trinajstić information content (AvgIpc) is 3.15. The maximum absolute atomic E-state index is 13.0. The first-order valence-electron chi connectivity index (χ1n) is 8.81. The van der Waals surface area contributed by atoms with Gasteiger partial charge in [0.1, 0.15) is 6.54 Å². The second-order valence-corrected chi connectivity index (χ2v) is 7.10. The minimum Gasteiger partial charge on any atom is -0.334 e. The standard InChI is InChI=1S/C20H18ClN3O3/c21-14-9-7-13(8-10-14)16-6-3-11-23(16)18(25)12-24-17-5-2-1-4-15(17)19(26)22-20(24)27/h1-2,4-5,7-10,16H,3,6,11-12H2,(H,22,26,27). The van der Waals surface area contributed by atoms with Gasteiger partial charge in [-0.1, -0.05) is 35.9 Å². The van der Waals surface area contributed by atoms with Crippen molar-refractivity contribution in [1.82, 2.24) is 14.5 Å². The van der Waals surface area contributed by atoms with Crippen LogP contribution in [0.5, 0.6) is 0 Å². The molecule has 4 rings (SSSR count). The van der Waals surface area contributed by atoms with Gasteiger partial charge in [0.05, 0.1) is 16.9 Å². The van der Waals surface area contributed by atoms with E-state index in [1.165, 1.54) is 4.57 Å². The van der Waals surface area contributed by atoms with E-state index in [-0.39, 0.29) is 18.5 Å². The molecule has 2 aromatic carbocycles. The number of halogens is 1. The normalized spacial score (nSPS) is 16.8. The highest BCUT2D eigenvalue weighted by Crippen LogP contribution is 2.32. The van der Waals surface area contributed by atoms with Crippen LogP contribution in [0.2, 0.25) is 5.02 Å². The smallest absolute Gasteiger partial charge is 0.329 e. The Labute approximate surface area is 160 Å². The van der Waals surface area contributed by atoms with Crippen LogP contribution >= 0.6 is 11.6 Å². The maximum Gasteiger partial charge on any atom is 0.329 e. The molecule has 1 aromatic heterocycles. The van der Waals surface area contributed by atoms with Crippen molar-refractivity contribution in [3.05, 3.63) is 80.0 Å². The summed E-state index contributed by atoms with van der Waals surface area (Å²) < 4.78 is 1.33. The number of H-pyrrole nitrogens is 1. The number of aromatic nitrogens is 2. The molecule has 0 saturated carbocycles. The Hall–Kier alpha value is -2.86. The quantitative estimate of drug-likeness (QED) is 0.755. The Morgan fingerprint density at radius 2 is 1.85 bits per heavy atom. The number of rotatable bonds is 3.